The van der Waals surface area contributed by atoms with Gasteiger partial charge in [0, 0.05) is 29.5 Å². The number of hydrogen-bond donors (Lipinski definition) is 2. The Morgan fingerprint density at radius 3 is 2.43 bits per heavy atom. The lowest BCUT2D eigenvalue weighted by Crippen LogP contribution is -2.48. The Labute approximate surface area is 256 Å². The fourth-order valence-electron chi connectivity index (χ4n) is 6.88. The predicted octanol–water partition coefficient (Wildman–Crippen LogP) is 7.01. The number of carbonyl (C=O) groups is 3. The molecule has 6 rings (SSSR count). The van der Waals surface area contributed by atoms with E-state index in [0.29, 0.717) is 53.2 Å². The quantitative estimate of drug-likeness (QED) is 0.185. The lowest BCUT2D eigenvalue weighted by atomic mass is 9.58. The number of benzene rings is 3. The molecule has 2 N–H and O–H groups in total. The van der Waals surface area contributed by atoms with Gasteiger partial charge in [0.15, 0.2) is 0 Å². The van der Waals surface area contributed by atoms with Crippen LogP contribution in [0.5, 0.6) is 0 Å². The van der Waals surface area contributed by atoms with E-state index < -0.39 is 11.9 Å². The summed E-state index contributed by atoms with van der Waals surface area (Å²) in [6.07, 6.45) is 5.20. The van der Waals surface area contributed by atoms with Crippen molar-refractivity contribution in [1.29, 1.82) is 0 Å². The molecule has 4 aromatic rings. The average Bonchev–Trinajstić information content (AvgIpc) is 3.44. The molecule has 0 bridgehead atoms. The van der Waals surface area contributed by atoms with Crippen LogP contribution in [0.4, 0.5) is 0 Å². The number of H-pyrrole nitrogens is 1. The van der Waals surface area contributed by atoms with Crippen LogP contribution in [0.25, 0.3) is 28.0 Å². The van der Waals surface area contributed by atoms with Crippen molar-refractivity contribution in [3.63, 3.8) is 0 Å². The van der Waals surface area contributed by atoms with Crippen molar-refractivity contribution in [2.24, 2.45) is 10.8 Å². The summed E-state index contributed by atoms with van der Waals surface area (Å²) in [5.41, 5.74) is 6.27. The molecule has 0 radical (unpaired) electrons. The number of aromatic amines is 1. The molecular weight excluding hydrogens is 554 g/mol. The Kier molecular flexibility index (Phi) is 7.24. The van der Waals surface area contributed by atoms with E-state index in [4.69, 9.17) is 9.72 Å². The van der Waals surface area contributed by atoms with E-state index in [1.165, 1.54) is 11.1 Å². The lowest BCUT2D eigenvalue weighted by Gasteiger charge is -2.50. The van der Waals surface area contributed by atoms with E-state index >= 15 is 0 Å². The van der Waals surface area contributed by atoms with E-state index in [1.54, 1.807) is 37.3 Å². The maximum atomic E-state index is 14.1. The third kappa shape index (κ3) is 5.00. The summed E-state index contributed by atoms with van der Waals surface area (Å²) >= 11 is 0. The number of carboxylic acids is 1. The number of amides is 1. The second-order valence-electron chi connectivity index (χ2n) is 12.3. The first-order valence-corrected chi connectivity index (χ1v) is 14.8. The maximum absolute atomic E-state index is 14.1. The van der Waals surface area contributed by atoms with Crippen LogP contribution >= 0.6 is 0 Å². The third-order valence-corrected chi connectivity index (χ3v) is 8.94. The molecule has 2 aliphatic rings. The Morgan fingerprint density at radius 1 is 0.977 bits per heavy atom. The summed E-state index contributed by atoms with van der Waals surface area (Å²) in [4.78, 5) is 47.6. The van der Waals surface area contributed by atoms with Crippen molar-refractivity contribution in [3.05, 3.63) is 107 Å². The van der Waals surface area contributed by atoms with Crippen molar-refractivity contribution in [2.75, 3.05) is 19.7 Å². The molecule has 0 unspecified atom stereocenters. The Morgan fingerprint density at radius 2 is 1.70 bits per heavy atom. The largest absolute Gasteiger partial charge is 0.478 e. The lowest BCUT2D eigenvalue weighted by molar-refractivity contribution is 0.0525. The highest BCUT2D eigenvalue weighted by molar-refractivity contribution is 6.01. The topological polar surface area (TPSA) is 113 Å². The minimum atomic E-state index is -0.939. The number of carboxylic acid groups (broad SMARTS) is 1. The zero-order valence-electron chi connectivity index (χ0n) is 25.3. The van der Waals surface area contributed by atoms with Gasteiger partial charge in [0.05, 0.1) is 34.3 Å². The number of rotatable bonds is 6. The molecule has 2 heterocycles. The molecule has 1 aromatic heterocycles. The first kappa shape index (κ1) is 29.1. The zero-order valence-corrected chi connectivity index (χ0v) is 25.3. The maximum Gasteiger partial charge on any atom is 0.338 e. The molecule has 1 aliphatic heterocycles. The van der Waals surface area contributed by atoms with Crippen LogP contribution in [-0.2, 0) is 4.74 Å². The highest BCUT2D eigenvalue weighted by Gasteiger charge is 2.46. The number of nitrogens with zero attached hydrogens (tertiary/aromatic N) is 2. The zero-order chi connectivity index (χ0) is 31.2. The average molecular weight is 590 g/mol. The molecule has 8 heteroatoms. The van der Waals surface area contributed by atoms with Gasteiger partial charge in [-0.2, -0.15) is 0 Å². The summed E-state index contributed by atoms with van der Waals surface area (Å²) in [7, 11) is 0. The first-order chi connectivity index (χ1) is 21.0. The van der Waals surface area contributed by atoms with Crippen molar-refractivity contribution in [2.45, 2.75) is 34.1 Å². The SMILES string of the molecule is CCOC(=O)c1ccc2nc(-c3ccccc3C(=O)N3CC=C4C(C)(C)C(c5ccc(C(=O)O)cc5)=CC[C@]4(C)C3)[nH]c2c1. The van der Waals surface area contributed by atoms with Crippen molar-refractivity contribution >= 4 is 34.5 Å². The number of hydrogen-bond acceptors (Lipinski definition) is 5. The molecule has 8 nitrogen and oxygen atoms in total. The number of nitrogens with one attached hydrogen (secondary N) is 1. The Bertz CT molecular complexity index is 1860. The van der Waals surface area contributed by atoms with E-state index in [-0.39, 0.29) is 22.3 Å². The highest BCUT2D eigenvalue weighted by Crippen LogP contribution is 2.55. The van der Waals surface area contributed by atoms with Crippen molar-refractivity contribution < 1.29 is 24.2 Å². The van der Waals surface area contributed by atoms with Crippen LogP contribution in [-0.4, -0.2) is 57.5 Å². The van der Waals surface area contributed by atoms with Gasteiger partial charge in [-0.1, -0.05) is 68.8 Å². The van der Waals surface area contributed by atoms with Crippen LogP contribution < -0.4 is 0 Å². The Balaban J connectivity index is 1.27. The fourth-order valence-corrected chi connectivity index (χ4v) is 6.88. The van der Waals surface area contributed by atoms with E-state index in [9.17, 15) is 19.5 Å². The number of fused-ring (bicyclic) bond motifs is 2. The van der Waals surface area contributed by atoms with E-state index in [1.807, 2.05) is 41.3 Å². The number of allylic oxidation sites excluding steroid dienone is 2. The van der Waals surface area contributed by atoms with E-state index in [2.05, 4.69) is 37.9 Å². The molecule has 1 atom stereocenters. The smallest absolute Gasteiger partial charge is 0.338 e. The van der Waals surface area contributed by atoms with Crippen molar-refractivity contribution in [3.8, 4) is 11.4 Å². The molecule has 224 valence electrons. The standard InChI is InChI=1S/C36H35N3O5/c1-5-44-34(43)24-14-15-28-29(20-24)38-31(37-28)25-8-6-7-9-26(25)32(40)39-19-17-30-35(2,3)27(16-18-36(30,4)21-39)22-10-12-23(13-11-22)33(41)42/h6-17,20H,5,18-19,21H2,1-4H3,(H,37,38)(H,41,42)/t36-/m1/s1. The molecule has 3 aromatic carbocycles. The molecule has 0 spiro atoms. The van der Waals surface area contributed by atoms with E-state index in [0.717, 1.165) is 12.0 Å². The number of imidazole rings is 1. The van der Waals surface area contributed by atoms with Crippen molar-refractivity contribution in [1.82, 2.24) is 14.9 Å². The van der Waals surface area contributed by atoms with Gasteiger partial charge in [0.1, 0.15) is 5.82 Å². The van der Waals surface area contributed by atoms with Crippen LogP contribution in [0.2, 0.25) is 0 Å². The molecule has 0 saturated carbocycles. The minimum Gasteiger partial charge on any atom is -0.478 e. The Hall–Kier alpha value is -4.98. The van der Waals surface area contributed by atoms with Crippen LogP contribution in [0.15, 0.2) is 84.5 Å². The molecule has 44 heavy (non-hydrogen) atoms. The van der Waals surface area contributed by atoms with Gasteiger partial charge in [-0.25, -0.2) is 14.6 Å². The second kappa shape index (κ2) is 10.9. The normalized spacial score (nSPS) is 19.1. The molecule has 0 fully saturated rings. The van der Waals surface area contributed by atoms with Gasteiger partial charge in [0.2, 0.25) is 0 Å². The fraction of sp³-hybridized carbons (Fsp3) is 0.278. The monoisotopic (exact) mass is 589 g/mol. The number of aromatic nitrogens is 2. The van der Waals surface area contributed by atoms with Gasteiger partial charge < -0.3 is 19.7 Å². The van der Waals surface area contributed by atoms with Crippen LogP contribution in [0.1, 0.15) is 70.8 Å². The summed E-state index contributed by atoms with van der Waals surface area (Å²) < 4.78 is 5.13. The first-order valence-electron chi connectivity index (χ1n) is 14.8. The predicted molar refractivity (Wildman–Crippen MR) is 169 cm³/mol. The molecule has 0 saturated heterocycles. The molecule has 1 aliphatic carbocycles. The van der Waals surface area contributed by atoms with Gasteiger partial charge in [-0.15, -0.1) is 0 Å². The number of ether oxygens (including phenoxy) is 1. The third-order valence-electron chi connectivity index (χ3n) is 8.94. The second-order valence-corrected chi connectivity index (χ2v) is 12.3. The summed E-state index contributed by atoms with van der Waals surface area (Å²) in [6.45, 7) is 9.74. The molecular formula is C36H35N3O5. The van der Waals surface area contributed by atoms with Gasteiger partial charge in [0.25, 0.3) is 5.91 Å². The van der Waals surface area contributed by atoms with Gasteiger partial charge >= 0.3 is 11.9 Å². The number of carbonyl (C=O) groups excluding carboxylic acids is 2. The summed E-state index contributed by atoms with van der Waals surface area (Å²) in [5, 5.41) is 9.31. The number of esters is 1. The number of aromatic carboxylic acids is 1. The minimum absolute atomic E-state index is 0.0679. The summed E-state index contributed by atoms with van der Waals surface area (Å²) in [5.74, 6) is -0.840. The van der Waals surface area contributed by atoms with Gasteiger partial charge in [-0.05, 0) is 60.9 Å². The summed E-state index contributed by atoms with van der Waals surface area (Å²) in [6, 6.07) is 19.7. The van der Waals surface area contributed by atoms with Gasteiger partial charge in [-0.3, -0.25) is 4.79 Å². The highest BCUT2D eigenvalue weighted by atomic mass is 16.5. The van der Waals surface area contributed by atoms with Crippen LogP contribution in [0, 0.1) is 10.8 Å². The molecule has 1 amide bonds. The van der Waals surface area contributed by atoms with Crippen LogP contribution in [0.3, 0.4) is 0 Å².